The van der Waals surface area contributed by atoms with E-state index >= 15 is 0 Å². The number of nitrogens with zero attached hydrogens (tertiary/aromatic N) is 2. The molecule has 0 amide bonds. The molecule has 2 aromatic rings. The van der Waals surface area contributed by atoms with Gasteiger partial charge in [0, 0.05) is 28.8 Å². The molecule has 2 N–H and O–H groups in total. The van der Waals surface area contributed by atoms with E-state index in [1.165, 1.54) is 0 Å². The van der Waals surface area contributed by atoms with E-state index in [2.05, 4.69) is 21.0 Å². The van der Waals surface area contributed by atoms with E-state index in [0.29, 0.717) is 10.0 Å². The molecule has 102 valence electrons. The molecule has 2 rings (SSSR count). The Labute approximate surface area is 124 Å². The van der Waals surface area contributed by atoms with Gasteiger partial charge in [-0.1, -0.05) is 24.6 Å². The monoisotopic (exact) mass is 345 g/mol. The highest BCUT2D eigenvalue weighted by Crippen LogP contribution is 2.32. The van der Waals surface area contributed by atoms with E-state index in [1.807, 2.05) is 20.2 Å². The van der Waals surface area contributed by atoms with E-state index in [9.17, 15) is 4.39 Å². The standard InChI is InChI=1S/C13H14BrClFN3/c1-3-10-8(6-19(2)18-10)13(17)7-4-5-9(14)11(15)12(7)16/h4-6,13H,3,17H2,1-2H3. The van der Waals surface area contributed by atoms with Crippen LogP contribution in [0.15, 0.2) is 22.8 Å². The lowest BCUT2D eigenvalue weighted by Gasteiger charge is -2.14. The smallest absolute Gasteiger partial charge is 0.148 e. The topological polar surface area (TPSA) is 43.8 Å². The first-order chi connectivity index (χ1) is 8.95. The summed E-state index contributed by atoms with van der Waals surface area (Å²) in [5.74, 6) is -0.491. The number of rotatable bonds is 3. The van der Waals surface area contributed by atoms with Crippen molar-refractivity contribution in [1.82, 2.24) is 9.78 Å². The van der Waals surface area contributed by atoms with Gasteiger partial charge in [-0.05, 0) is 28.4 Å². The number of hydrogen-bond acceptors (Lipinski definition) is 2. The van der Waals surface area contributed by atoms with Crippen molar-refractivity contribution < 1.29 is 4.39 Å². The van der Waals surface area contributed by atoms with Crippen LogP contribution >= 0.6 is 27.5 Å². The molecule has 0 aliphatic carbocycles. The fraction of sp³-hybridized carbons (Fsp3) is 0.308. The number of aromatic nitrogens is 2. The van der Waals surface area contributed by atoms with Gasteiger partial charge in [-0.2, -0.15) is 5.10 Å². The van der Waals surface area contributed by atoms with Crippen molar-refractivity contribution in [3.05, 3.63) is 50.5 Å². The van der Waals surface area contributed by atoms with E-state index in [-0.39, 0.29) is 5.02 Å². The first kappa shape index (κ1) is 14.5. The molecule has 19 heavy (non-hydrogen) atoms. The molecule has 0 saturated carbocycles. The van der Waals surface area contributed by atoms with Crippen molar-refractivity contribution in [3.8, 4) is 0 Å². The summed E-state index contributed by atoms with van der Waals surface area (Å²) in [5, 5.41) is 4.37. The molecule has 6 heteroatoms. The van der Waals surface area contributed by atoms with Crippen molar-refractivity contribution >= 4 is 27.5 Å². The highest BCUT2D eigenvalue weighted by Gasteiger charge is 2.21. The van der Waals surface area contributed by atoms with Crippen molar-refractivity contribution in [3.63, 3.8) is 0 Å². The van der Waals surface area contributed by atoms with E-state index < -0.39 is 11.9 Å². The molecular formula is C13H14BrClFN3. The molecule has 0 bridgehead atoms. The fourth-order valence-corrected chi connectivity index (χ4v) is 2.51. The Morgan fingerprint density at radius 2 is 2.16 bits per heavy atom. The normalized spacial score (nSPS) is 12.7. The zero-order valence-electron chi connectivity index (χ0n) is 10.6. The Hall–Kier alpha value is -0.910. The van der Waals surface area contributed by atoms with Gasteiger partial charge in [0.1, 0.15) is 5.82 Å². The Bertz CT molecular complexity index is 612. The molecule has 0 aliphatic heterocycles. The summed E-state index contributed by atoms with van der Waals surface area (Å²) in [6, 6.07) is 2.76. The van der Waals surface area contributed by atoms with Gasteiger partial charge in [-0.25, -0.2) is 4.39 Å². The second-order valence-corrected chi connectivity index (χ2v) is 5.53. The quantitative estimate of drug-likeness (QED) is 0.863. The summed E-state index contributed by atoms with van der Waals surface area (Å²) < 4.78 is 16.4. The summed E-state index contributed by atoms with van der Waals surface area (Å²) in [6.07, 6.45) is 2.56. The van der Waals surface area contributed by atoms with Crippen molar-refractivity contribution in [2.75, 3.05) is 0 Å². The molecule has 0 radical (unpaired) electrons. The fourth-order valence-electron chi connectivity index (χ4n) is 2.04. The van der Waals surface area contributed by atoms with Crippen LogP contribution in [0.4, 0.5) is 4.39 Å². The second-order valence-electron chi connectivity index (χ2n) is 4.30. The van der Waals surface area contributed by atoms with Crippen LogP contribution in [0.1, 0.15) is 29.8 Å². The third-order valence-electron chi connectivity index (χ3n) is 3.01. The lowest BCUT2D eigenvalue weighted by Crippen LogP contribution is -2.15. The summed E-state index contributed by atoms with van der Waals surface area (Å²) in [5.41, 5.74) is 8.22. The number of benzene rings is 1. The lowest BCUT2D eigenvalue weighted by atomic mass is 9.99. The highest BCUT2D eigenvalue weighted by atomic mass is 79.9. The van der Waals surface area contributed by atoms with Crippen LogP contribution in [0.25, 0.3) is 0 Å². The van der Waals surface area contributed by atoms with Crippen LogP contribution in [-0.2, 0) is 13.5 Å². The summed E-state index contributed by atoms with van der Waals surface area (Å²) >= 11 is 9.08. The average Bonchev–Trinajstić information content (AvgIpc) is 2.77. The highest BCUT2D eigenvalue weighted by molar-refractivity contribution is 9.10. The molecule has 1 aromatic carbocycles. The van der Waals surface area contributed by atoms with Crippen molar-refractivity contribution in [2.24, 2.45) is 12.8 Å². The Balaban J connectivity index is 2.49. The van der Waals surface area contributed by atoms with Crippen molar-refractivity contribution in [2.45, 2.75) is 19.4 Å². The second kappa shape index (κ2) is 5.61. The number of nitrogens with two attached hydrogens (primary N) is 1. The maximum Gasteiger partial charge on any atom is 0.148 e. The van der Waals surface area contributed by atoms with Gasteiger partial charge in [-0.3, -0.25) is 4.68 Å². The van der Waals surface area contributed by atoms with Crippen LogP contribution < -0.4 is 5.73 Å². The van der Waals surface area contributed by atoms with E-state index in [4.69, 9.17) is 17.3 Å². The first-order valence-electron chi connectivity index (χ1n) is 5.87. The maximum absolute atomic E-state index is 14.2. The molecule has 0 aliphatic rings. The molecule has 3 nitrogen and oxygen atoms in total. The molecule has 1 atom stereocenters. The third-order valence-corrected chi connectivity index (χ3v) is 4.27. The minimum absolute atomic E-state index is 0.0508. The van der Waals surface area contributed by atoms with Crippen LogP contribution in [0.5, 0.6) is 0 Å². The van der Waals surface area contributed by atoms with Crippen LogP contribution in [0.2, 0.25) is 5.02 Å². The molecule has 0 saturated heterocycles. The maximum atomic E-state index is 14.2. The molecule has 0 fully saturated rings. The Kier molecular flexibility index (Phi) is 4.28. The van der Waals surface area contributed by atoms with Gasteiger partial charge in [-0.15, -0.1) is 0 Å². The Morgan fingerprint density at radius 3 is 2.79 bits per heavy atom. The van der Waals surface area contributed by atoms with Gasteiger partial charge >= 0.3 is 0 Å². The molecule has 0 spiro atoms. The summed E-state index contributed by atoms with van der Waals surface area (Å²) in [6.45, 7) is 1.99. The van der Waals surface area contributed by atoms with Gasteiger partial charge in [0.2, 0.25) is 0 Å². The number of halogens is 3. The van der Waals surface area contributed by atoms with Gasteiger partial charge < -0.3 is 5.73 Å². The third kappa shape index (κ3) is 2.68. The zero-order chi connectivity index (χ0) is 14.2. The zero-order valence-corrected chi connectivity index (χ0v) is 13.0. The predicted octanol–water partition coefficient (Wildman–Crippen LogP) is 3.59. The SMILES string of the molecule is CCc1nn(C)cc1C(N)c1ccc(Br)c(Cl)c1F. The number of hydrogen-bond donors (Lipinski definition) is 1. The predicted molar refractivity (Wildman–Crippen MR) is 77.7 cm³/mol. The van der Waals surface area contributed by atoms with Gasteiger partial charge in [0.25, 0.3) is 0 Å². The van der Waals surface area contributed by atoms with Crippen molar-refractivity contribution in [1.29, 1.82) is 0 Å². The van der Waals surface area contributed by atoms with Gasteiger partial charge in [0.15, 0.2) is 0 Å². The molecule has 1 heterocycles. The summed E-state index contributed by atoms with van der Waals surface area (Å²) in [7, 11) is 1.82. The molecular weight excluding hydrogens is 333 g/mol. The average molecular weight is 347 g/mol. The first-order valence-corrected chi connectivity index (χ1v) is 7.04. The van der Waals surface area contributed by atoms with Crippen LogP contribution in [-0.4, -0.2) is 9.78 Å². The van der Waals surface area contributed by atoms with E-state index in [1.54, 1.807) is 16.8 Å². The molecule has 1 aromatic heterocycles. The van der Waals surface area contributed by atoms with Crippen LogP contribution in [0.3, 0.4) is 0 Å². The molecule has 1 unspecified atom stereocenters. The number of aryl methyl sites for hydroxylation is 2. The van der Waals surface area contributed by atoms with Crippen LogP contribution in [0, 0.1) is 5.82 Å². The minimum atomic E-state index is -0.575. The van der Waals surface area contributed by atoms with E-state index in [0.717, 1.165) is 17.7 Å². The summed E-state index contributed by atoms with van der Waals surface area (Å²) in [4.78, 5) is 0. The lowest BCUT2D eigenvalue weighted by molar-refractivity contribution is 0.598. The minimum Gasteiger partial charge on any atom is -0.320 e. The largest absolute Gasteiger partial charge is 0.320 e. The Morgan fingerprint density at radius 1 is 1.47 bits per heavy atom. The van der Waals surface area contributed by atoms with Gasteiger partial charge in [0.05, 0.1) is 16.8 Å².